The van der Waals surface area contributed by atoms with Crippen molar-refractivity contribution < 1.29 is 13.2 Å². The quantitative estimate of drug-likeness (QED) is 0.489. The van der Waals surface area contributed by atoms with E-state index in [0.717, 1.165) is 44.3 Å². The molecule has 1 aromatic heterocycles. The molecule has 150 valence electrons. The third-order valence-electron chi connectivity index (χ3n) is 5.50. The fourth-order valence-corrected chi connectivity index (χ4v) is 5.46. The SMILES string of the molecule is O=S(=O)(N[C@@H]1[C@@H](C/C=C\CCCc2nn[nH]n2)[C@H]2CC[C@@H]1O2)c1ccccc1. The first-order valence-corrected chi connectivity index (χ1v) is 11.2. The predicted octanol–water partition coefficient (Wildman–Crippen LogP) is 1.99. The molecule has 2 saturated heterocycles. The van der Waals surface area contributed by atoms with E-state index in [0.29, 0.717) is 4.90 Å². The highest BCUT2D eigenvalue weighted by Crippen LogP contribution is 2.41. The summed E-state index contributed by atoms with van der Waals surface area (Å²) in [5, 5.41) is 13.9. The van der Waals surface area contributed by atoms with E-state index in [-0.39, 0.29) is 24.2 Å². The van der Waals surface area contributed by atoms with Crippen LogP contribution in [-0.4, -0.2) is 47.3 Å². The summed E-state index contributed by atoms with van der Waals surface area (Å²) in [6.07, 6.45) is 9.80. The highest BCUT2D eigenvalue weighted by molar-refractivity contribution is 7.89. The molecule has 9 heteroatoms. The van der Waals surface area contributed by atoms with Crippen molar-refractivity contribution in [1.29, 1.82) is 0 Å². The molecule has 0 amide bonds. The minimum Gasteiger partial charge on any atom is -0.373 e. The van der Waals surface area contributed by atoms with Crippen molar-refractivity contribution in [3.63, 3.8) is 0 Å². The summed E-state index contributed by atoms with van der Waals surface area (Å²) in [4.78, 5) is 0.300. The van der Waals surface area contributed by atoms with Crippen molar-refractivity contribution in [2.75, 3.05) is 0 Å². The Morgan fingerprint density at radius 3 is 2.79 bits per heavy atom. The molecular formula is C19H25N5O3S. The largest absolute Gasteiger partial charge is 0.373 e. The number of rotatable bonds is 9. The molecule has 4 rings (SSSR count). The van der Waals surface area contributed by atoms with Gasteiger partial charge in [-0.2, -0.15) is 5.21 Å². The summed E-state index contributed by atoms with van der Waals surface area (Å²) in [5.74, 6) is 0.899. The van der Waals surface area contributed by atoms with Gasteiger partial charge < -0.3 is 4.74 Å². The summed E-state index contributed by atoms with van der Waals surface area (Å²) in [5.41, 5.74) is 0. The summed E-state index contributed by atoms with van der Waals surface area (Å²) in [6.45, 7) is 0. The molecule has 0 aliphatic carbocycles. The number of aromatic amines is 1. The molecule has 0 saturated carbocycles. The third-order valence-corrected chi connectivity index (χ3v) is 6.98. The van der Waals surface area contributed by atoms with Crippen LogP contribution in [-0.2, 0) is 21.2 Å². The van der Waals surface area contributed by atoms with Gasteiger partial charge in [-0.05, 0) is 44.2 Å². The minimum atomic E-state index is -3.54. The molecule has 1 aromatic carbocycles. The molecule has 4 atom stereocenters. The van der Waals surface area contributed by atoms with Crippen LogP contribution in [0.5, 0.6) is 0 Å². The molecule has 0 unspecified atom stereocenters. The maximum atomic E-state index is 12.7. The first kappa shape index (κ1) is 19.2. The summed E-state index contributed by atoms with van der Waals surface area (Å²) in [7, 11) is -3.54. The zero-order valence-electron chi connectivity index (χ0n) is 15.6. The Labute approximate surface area is 164 Å². The molecule has 2 aliphatic rings. The van der Waals surface area contributed by atoms with Crippen LogP contribution >= 0.6 is 0 Å². The van der Waals surface area contributed by atoms with Crippen molar-refractivity contribution >= 4 is 10.0 Å². The first-order valence-electron chi connectivity index (χ1n) is 9.73. The van der Waals surface area contributed by atoms with Gasteiger partial charge in [-0.3, -0.25) is 0 Å². The van der Waals surface area contributed by atoms with Crippen LogP contribution in [0.4, 0.5) is 0 Å². The number of ether oxygens (including phenoxy) is 1. The van der Waals surface area contributed by atoms with Gasteiger partial charge in [0.05, 0.1) is 23.1 Å². The van der Waals surface area contributed by atoms with E-state index in [4.69, 9.17) is 4.74 Å². The van der Waals surface area contributed by atoms with Crippen molar-refractivity contribution in [3.05, 3.63) is 48.3 Å². The predicted molar refractivity (Wildman–Crippen MR) is 103 cm³/mol. The van der Waals surface area contributed by atoms with Gasteiger partial charge in [0.15, 0.2) is 5.82 Å². The Morgan fingerprint density at radius 2 is 2.00 bits per heavy atom. The maximum Gasteiger partial charge on any atom is 0.240 e. The minimum absolute atomic E-state index is 0.0277. The average Bonchev–Trinajstić information content (AvgIpc) is 3.44. The van der Waals surface area contributed by atoms with Crippen molar-refractivity contribution in [2.24, 2.45) is 5.92 Å². The van der Waals surface area contributed by atoms with Gasteiger partial charge in [0.25, 0.3) is 0 Å². The second-order valence-corrected chi connectivity index (χ2v) is 9.06. The molecule has 2 bridgehead atoms. The number of unbranched alkanes of at least 4 members (excludes halogenated alkanes) is 1. The number of hydrogen-bond acceptors (Lipinski definition) is 6. The molecule has 28 heavy (non-hydrogen) atoms. The van der Waals surface area contributed by atoms with Gasteiger partial charge in [-0.15, -0.1) is 10.2 Å². The fraction of sp³-hybridized carbons (Fsp3) is 0.526. The lowest BCUT2D eigenvalue weighted by Gasteiger charge is -2.27. The molecule has 2 fully saturated rings. The topological polar surface area (TPSA) is 110 Å². The van der Waals surface area contributed by atoms with Crippen LogP contribution in [0, 0.1) is 5.92 Å². The number of H-pyrrole nitrogens is 1. The summed E-state index contributed by atoms with van der Waals surface area (Å²) < 4.78 is 34.4. The van der Waals surface area contributed by atoms with Gasteiger partial charge in [-0.25, -0.2) is 13.1 Å². The standard InChI is InChI=1S/C19H25N5O3S/c25-28(26,14-8-4-3-5-9-14)22-19-15(16-12-13-17(19)27-16)10-6-1-2-7-11-18-20-23-24-21-18/h1,3-6,8-9,15-17,19,22H,2,7,10-13H2,(H,20,21,23,24)/b6-1-/t15-,16+,17-,19+/m0/s1. The van der Waals surface area contributed by atoms with E-state index in [2.05, 4.69) is 37.5 Å². The number of allylic oxidation sites excluding steroid dienone is 2. The van der Waals surface area contributed by atoms with Gasteiger partial charge in [-0.1, -0.05) is 35.6 Å². The van der Waals surface area contributed by atoms with Crippen molar-refractivity contribution in [3.8, 4) is 0 Å². The van der Waals surface area contributed by atoms with E-state index in [1.165, 1.54) is 0 Å². The molecule has 0 spiro atoms. The van der Waals surface area contributed by atoms with Crippen molar-refractivity contribution in [1.82, 2.24) is 25.3 Å². The van der Waals surface area contributed by atoms with Crippen LogP contribution in [0.25, 0.3) is 0 Å². The van der Waals surface area contributed by atoms with Gasteiger partial charge in [0.2, 0.25) is 10.0 Å². The number of hydrogen-bond donors (Lipinski definition) is 2. The summed E-state index contributed by atoms with van der Waals surface area (Å²) >= 11 is 0. The maximum absolute atomic E-state index is 12.7. The Hall–Kier alpha value is -2.10. The Bertz CT molecular complexity index is 886. The van der Waals surface area contributed by atoms with E-state index >= 15 is 0 Å². The van der Waals surface area contributed by atoms with Crippen LogP contribution in [0.2, 0.25) is 0 Å². The second-order valence-electron chi connectivity index (χ2n) is 7.34. The highest BCUT2D eigenvalue weighted by atomic mass is 32.2. The molecule has 0 radical (unpaired) electrons. The Balaban J connectivity index is 1.33. The molecule has 2 aliphatic heterocycles. The normalized spacial score (nSPS) is 27.0. The van der Waals surface area contributed by atoms with E-state index < -0.39 is 10.0 Å². The van der Waals surface area contributed by atoms with E-state index in [9.17, 15) is 8.42 Å². The molecule has 8 nitrogen and oxygen atoms in total. The van der Waals surface area contributed by atoms with Crippen molar-refractivity contribution in [2.45, 2.75) is 61.7 Å². The summed E-state index contributed by atoms with van der Waals surface area (Å²) in [6, 6.07) is 8.35. The highest BCUT2D eigenvalue weighted by Gasteiger charge is 2.49. The number of nitrogens with zero attached hydrogens (tertiary/aromatic N) is 3. The number of aryl methyl sites for hydroxylation is 1. The molecule has 3 heterocycles. The van der Waals surface area contributed by atoms with E-state index in [1.807, 2.05) is 6.07 Å². The number of nitrogens with one attached hydrogen (secondary N) is 2. The Kier molecular flexibility index (Phi) is 5.84. The molecule has 2 aromatic rings. The van der Waals surface area contributed by atoms with Crippen LogP contribution in [0.15, 0.2) is 47.4 Å². The van der Waals surface area contributed by atoms with Gasteiger partial charge in [0.1, 0.15) is 0 Å². The number of fused-ring (bicyclic) bond motifs is 2. The lowest BCUT2D eigenvalue weighted by Crippen LogP contribution is -2.46. The van der Waals surface area contributed by atoms with Gasteiger partial charge in [0, 0.05) is 12.3 Å². The number of benzene rings is 1. The smallest absolute Gasteiger partial charge is 0.240 e. The monoisotopic (exact) mass is 403 g/mol. The van der Waals surface area contributed by atoms with Crippen LogP contribution < -0.4 is 4.72 Å². The number of tetrazole rings is 1. The van der Waals surface area contributed by atoms with Crippen LogP contribution in [0.1, 0.15) is 37.9 Å². The molecule has 2 N–H and O–H groups in total. The third kappa shape index (κ3) is 4.31. The lowest BCUT2D eigenvalue weighted by molar-refractivity contribution is 0.0907. The Morgan fingerprint density at radius 1 is 1.18 bits per heavy atom. The average molecular weight is 404 g/mol. The zero-order valence-corrected chi connectivity index (χ0v) is 16.4. The zero-order chi connectivity index (χ0) is 19.4. The number of sulfonamides is 1. The first-order chi connectivity index (χ1) is 13.6. The molecular weight excluding hydrogens is 378 g/mol. The van der Waals surface area contributed by atoms with E-state index in [1.54, 1.807) is 24.3 Å². The fourth-order valence-electron chi connectivity index (χ4n) is 4.12. The second kappa shape index (κ2) is 8.50. The van der Waals surface area contributed by atoms with Crippen LogP contribution in [0.3, 0.4) is 0 Å². The number of aromatic nitrogens is 4. The van der Waals surface area contributed by atoms with Gasteiger partial charge >= 0.3 is 0 Å². The lowest BCUT2D eigenvalue weighted by atomic mass is 9.83.